The van der Waals surface area contributed by atoms with E-state index in [0.717, 1.165) is 12.1 Å². The maximum Gasteiger partial charge on any atom is 0.379 e. The van der Waals surface area contributed by atoms with E-state index in [4.69, 9.17) is 11.6 Å². The Balaban J connectivity index is 2.38. The van der Waals surface area contributed by atoms with E-state index in [-0.39, 0.29) is 28.9 Å². The fourth-order valence-electron chi connectivity index (χ4n) is 1.30. The van der Waals surface area contributed by atoms with Crippen LogP contribution in [0, 0.1) is 11.6 Å². The molecule has 2 aromatic rings. The second-order valence-electron chi connectivity index (χ2n) is 3.39. The third-order valence-electron chi connectivity index (χ3n) is 2.12. The number of rotatable bonds is 3. The predicted octanol–water partition coefficient (Wildman–Crippen LogP) is 2.84. The Labute approximate surface area is 111 Å². The number of carbonyl (C=O) groups excluding carboxylic acids is 1. The maximum absolute atomic E-state index is 13.6. The van der Waals surface area contributed by atoms with Crippen molar-refractivity contribution in [2.45, 2.75) is 6.92 Å². The second kappa shape index (κ2) is 5.31. The minimum Gasteiger partial charge on any atom is -0.460 e. The highest BCUT2D eigenvalue weighted by atomic mass is 35.5. The first kappa shape index (κ1) is 13.4. The molecule has 0 atom stereocenters. The molecule has 0 unspecified atom stereocenters. The number of halogens is 3. The highest BCUT2D eigenvalue weighted by Gasteiger charge is 2.20. The molecule has 0 fully saturated rings. The zero-order valence-corrected chi connectivity index (χ0v) is 10.4. The van der Waals surface area contributed by atoms with Gasteiger partial charge in [-0.3, -0.25) is 0 Å². The molecule has 0 radical (unpaired) electrons. The molecule has 1 aromatic carbocycles. The van der Waals surface area contributed by atoms with Gasteiger partial charge in [-0.05, 0) is 24.2 Å². The molecule has 100 valence electrons. The van der Waals surface area contributed by atoms with Crippen molar-refractivity contribution in [1.29, 1.82) is 0 Å². The van der Waals surface area contributed by atoms with Crippen LogP contribution in [-0.2, 0) is 4.74 Å². The Hall–Kier alpha value is -2.02. The van der Waals surface area contributed by atoms with Crippen LogP contribution in [0.1, 0.15) is 17.5 Å². The number of benzene rings is 1. The first-order valence-electron chi connectivity index (χ1n) is 5.18. The van der Waals surface area contributed by atoms with E-state index >= 15 is 0 Å². The van der Waals surface area contributed by atoms with Crippen LogP contribution in [0.2, 0.25) is 5.02 Å². The Kier molecular flexibility index (Phi) is 3.75. The summed E-state index contributed by atoms with van der Waals surface area (Å²) in [6, 6.07) is 1.58. The first-order chi connectivity index (χ1) is 9.02. The molecule has 0 saturated heterocycles. The van der Waals surface area contributed by atoms with Crippen LogP contribution in [-0.4, -0.2) is 22.7 Å². The lowest BCUT2D eigenvalue weighted by atomic mass is 10.2. The monoisotopic (exact) mass is 288 g/mol. The number of hydrogen-bond donors (Lipinski definition) is 0. The lowest BCUT2D eigenvalue weighted by Gasteiger charge is -1.99. The molecule has 0 spiro atoms. The topological polar surface area (TPSA) is 65.2 Å². The largest absolute Gasteiger partial charge is 0.460 e. The van der Waals surface area contributed by atoms with Gasteiger partial charge in [0.2, 0.25) is 0 Å². The van der Waals surface area contributed by atoms with E-state index in [9.17, 15) is 13.6 Å². The van der Waals surface area contributed by atoms with Crippen molar-refractivity contribution in [3.05, 3.63) is 34.6 Å². The van der Waals surface area contributed by atoms with Gasteiger partial charge in [0.05, 0.1) is 17.2 Å². The number of carbonyl (C=O) groups is 1. The minimum absolute atomic E-state index is 0.132. The smallest absolute Gasteiger partial charge is 0.379 e. The molecule has 0 aliphatic rings. The van der Waals surface area contributed by atoms with Crippen LogP contribution in [0.15, 0.2) is 16.7 Å². The van der Waals surface area contributed by atoms with Crippen LogP contribution >= 0.6 is 11.6 Å². The molecule has 0 saturated carbocycles. The van der Waals surface area contributed by atoms with E-state index in [1.807, 2.05) is 0 Å². The van der Waals surface area contributed by atoms with Crippen molar-refractivity contribution >= 4 is 17.6 Å². The number of nitrogens with zero attached hydrogens (tertiary/aromatic N) is 2. The van der Waals surface area contributed by atoms with E-state index in [2.05, 4.69) is 19.4 Å². The van der Waals surface area contributed by atoms with Gasteiger partial charge < -0.3 is 9.26 Å². The highest BCUT2D eigenvalue weighted by Crippen LogP contribution is 2.26. The number of esters is 1. The first-order valence-corrected chi connectivity index (χ1v) is 5.56. The van der Waals surface area contributed by atoms with Gasteiger partial charge in [0, 0.05) is 0 Å². The molecule has 1 aromatic heterocycles. The summed E-state index contributed by atoms with van der Waals surface area (Å²) < 4.78 is 36.1. The van der Waals surface area contributed by atoms with Gasteiger partial charge in [0.1, 0.15) is 11.6 Å². The van der Waals surface area contributed by atoms with Crippen LogP contribution in [0.25, 0.3) is 11.5 Å². The molecule has 0 N–H and O–H groups in total. The molecule has 0 amide bonds. The van der Waals surface area contributed by atoms with Crippen LogP contribution < -0.4 is 0 Å². The summed E-state index contributed by atoms with van der Waals surface area (Å²) in [7, 11) is 0. The van der Waals surface area contributed by atoms with Gasteiger partial charge in [0.15, 0.2) is 0 Å². The Bertz CT molecular complexity index is 630. The average Bonchev–Trinajstić information content (AvgIpc) is 2.83. The van der Waals surface area contributed by atoms with Crippen molar-refractivity contribution in [3.63, 3.8) is 0 Å². The highest BCUT2D eigenvalue weighted by molar-refractivity contribution is 6.30. The van der Waals surface area contributed by atoms with E-state index in [1.54, 1.807) is 6.92 Å². The molecule has 2 rings (SSSR count). The predicted molar refractivity (Wildman–Crippen MR) is 60.6 cm³/mol. The zero-order valence-electron chi connectivity index (χ0n) is 9.61. The minimum atomic E-state index is -0.842. The summed E-state index contributed by atoms with van der Waals surface area (Å²) in [6.45, 7) is 1.74. The normalized spacial score (nSPS) is 10.5. The molecule has 1 heterocycles. The molecule has 19 heavy (non-hydrogen) atoms. The SMILES string of the molecule is CCOC(=O)c1noc(-c2cc(F)c(Cl)cc2F)n1. The summed E-state index contributed by atoms with van der Waals surface area (Å²) in [5.74, 6) is -3.20. The molecular weight excluding hydrogens is 282 g/mol. The standard InChI is InChI=1S/C11H7ClF2N2O3/c1-2-18-11(17)9-15-10(19-16-9)5-3-8(14)6(12)4-7(5)13/h3-4H,2H2,1H3. The average molecular weight is 289 g/mol. The van der Waals surface area contributed by atoms with E-state index in [0.29, 0.717) is 0 Å². The number of hydrogen-bond acceptors (Lipinski definition) is 5. The van der Waals surface area contributed by atoms with Crippen molar-refractivity contribution < 1.29 is 22.8 Å². The maximum atomic E-state index is 13.6. The fourth-order valence-corrected chi connectivity index (χ4v) is 1.45. The summed E-state index contributed by atoms with van der Waals surface area (Å²) >= 11 is 5.41. The van der Waals surface area contributed by atoms with Gasteiger partial charge in [-0.2, -0.15) is 4.98 Å². The molecular formula is C11H7ClF2N2O3. The lowest BCUT2D eigenvalue weighted by molar-refractivity contribution is 0.0508. The van der Waals surface area contributed by atoms with E-state index in [1.165, 1.54) is 0 Å². The molecule has 0 bridgehead atoms. The zero-order chi connectivity index (χ0) is 14.0. The molecule has 8 heteroatoms. The van der Waals surface area contributed by atoms with Crippen LogP contribution in [0.5, 0.6) is 0 Å². The third-order valence-corrected chi connectivity index (χ3v) is 2.41. The molecule has 5 nitrogen and oxygen atoms in total. The third kappa shape index (κ3) is 2.70. The van der Waals surface area contributed by atoms with Gasteiger partial charge in [-0.15, -0.1) is 0 Å². The number of aromatic nitrogens is 2. The summed E-state index contributed by atoms with van der Waals surface area (Å²) in [6.07, 6.45) is 0. The summed E-state index contributed by atoms with van der Waals surface area (Å²) in [5, 5.41) is 2.95. The van der Waals surface area contributed by atoms with Gasteiger partial charge in [-0.1, -0.05) is 11.6 Å². The number of ether oxygens (including phenoxy) is 1. The molecule has 0 aliphatic heterocycles. The Morgan fingerprint density at radius 2 is 2.16 bits per heavy atom. The second-order valence-corrected chi connectivity index (χ2v) is 3.80. The van der Waals surface area contributed by atoms with Gasteiger partial charge >= 0.3 is 5.97 Å². The van der Waals surface area contributed by atoms with Crippen molar-refractivity contribution in [1.82, 2.24) is 10.1 Å². The summed E-state index contributed by atoms with van der Waals surface area (Å²) in [4.78, 5) is 14.9. The van der Waals surface area contributed by atoms with Crippen molar-refractivity contribution in [2.24, 2.45) is 0 Å². The molecule has 0 aliphatic carbocycles. The van der Waals surface area contributed by atoms with Crippen LogP contribution in [0.4, 0.5) is 8.78 Å². The quantitative estimate of drug-likeness (QED) is 0.642. The van der Waals surface area contributed by atoms with Crippen molar-refractivity contribution in [2.75, 3.05) is 6.61 Å². The van der Waals surface area contributed by atoms with E-state index < -0.39 is 17.6 Å². The lowest BCUT2D eigenvalue weighted by Crippen LogP contribution is -2.06. The Morgan fingerprint density at radius 1 is 1.42 bits per heavy atom. The van der Waals surface area contributed by atoms with Gasteiger partial charge in [-0.25, -0.2) is 13.6 Å². The van der Waals surface area contributed by atoms with Gasteiger partial charge in [0.25, 0.3) is 11.7 Å². The Morgan fingerprint density at radius 3 is 2.84 bits per heavy atom. The van der Waals surface area contributed by atoms with Crippen molar-refractivity contribution in [3.8, 4) is 11.5 Å². The summed E-state index contributed by atoms with van der Waals surface area (Å²) in [5.41, 5.74) is -0.287. The van der Waals surface area contributed by atoms with Crippen LogP contribution in [0.3, 0.4) is 0 Å². The fraction of sp³-hybridized carbons (Fsp3) is 0.182.